The van der Waals surface area contributed by atoms with Gasteiger partial charge in [-0.2, -0.15) is 4.68 Å². The van der Waals surface area contributed by atoms with Gasteiger partial charge in [-0.25, -0.2) is 0 Å². The predicted octanol–water partition coefficient (Wildman–Crippen LogP) is 1.14. The lowest BCUT2D eigenvalue weighted by Gasteiger charge is -2.05. The molecule has 0 unspecified atom stereocenters. The smallest absolute Gasteiger partial charge is 0.389 e. The molecule has 0 saturated heterocycles. The van der Waals surface area contributed by atoms with E-state index in [-0.39, 0.29) is 23.8 Å². The first-order chi connectivity index (χ1) is 9.06. The average Bonchev–Trinajstić information content (AvgIpc) is 2.80. The summed E-state index contributed by atoms with van der Waals surface area (Å²) < 4.78 is 1.15. The third-order valence-corrected chi connectivity index (χ3v) is 2.30. The van der Waals surface area contributed by atoms with Gasteiger partial charge in [0.25, 0.3) is 0 Å². The molecule has 2 N–H and O–H groups in total. The first kappa shape index (κ1) is 12.6. The van der Waals surface area contributed by atoms with Gasteiger partial charge < -0.3 is 20.5 Å². The Labute approximate surface area is 107 Å². The summed E-state index contributed by atoms with van der Waals surface area (Å²) in [5, 5.41) is 26.0. The molecule has 0 radical (unpaired) electrons. The minimum Gasteiger partial charge on any atom is -0.506 e. The number of aromatic nitrogens is 2. The lowest BCUT2D eigenvalue weighted by atomic mass is 10.3. The Morgan fingerprint density at radius 3 is 2.79 bits per heavy atom. The standard InChI is InChI=1S/C11H10N4O4/c16-9-4-2-1-3-8(9)12-11(17)7-14-6-5-10(13-14)15(18)19/h1-6,16H,7H2,(H,12,17). The quantitative estimate of drug-likeness (QED) is 0.487. The number of phenolic OH excluding ortho intramolecular Hbond substituents is 1. The van der Waals surface area contributed by atoms with Crippen molar-refractivity contribution in [1.29, 1.82) is 0 Å². The van der Waals surface area contributed by atoms with Crippen LogP contribution in [0.15, 0.2) is 36.5 Å². The molecule has 0 saturated carbocycles. The lowest BCUT2D eigenvalue weighted by molar-refractivity contribution is -0.389. The Balaban J connectivity index is 2.01. The fraction of sp³-hybridized carbons (Fsp3) is 0.0909. The van der Waals surface area contributed by atoms with Crippen molar-refractivity contribution in [3.63, 3.8) is 0 Å². The summed E-state index contributed by atoms with van der Waals surface area (Å²) in [7, 11) is 0. The molecule has 1 heterocycles. The number of carbonyl (C=O) groups excluding carboxylic acids is 1. The van der Waals surface area contributed by atoms with Crippen LogP contribution in [0.5, 0.6) is 5.75 Å². The highest BCUT2D eigenvalue weighted by atomic mass is 16.6. The highest BCUT2D eigenvalue weighted by Gasteiger charge is 2.14. The zero-order chi connectivity index (χ0) is 13.8. The highest BCUT2D eigenvalue weighted by Crippen LogP contribution is 2.21. The Morgan fingerprint density at radius 1 is 1.42 bits per heavy atom. The second-order valence-corrected chi connectivity index (χ2v) is 3.69. The highest BCUT2D eigenvalue weighted by molar-refractivity contribution is 5.91. The van der Waals surface area contributed by atoms with Crippen LogP contribution in [0.1, 0.15) is 0 Å². The Hall–Kier alpha value is -2.90. The molecule has 0 bridgehead atoms. The predicted molar refractivity (Wildman–Crippen MR) is 65.6 cm³/mol. The van der Waals surface area contributed by atoms with E-state index in [1.54, 1.807) is 18.2 Å². The van der Waals surface area contributed by atoms with Crippen LogP contribution in [0.2, 0.25) is 0 Å². The Morgan fingerprint density at radius 2 is 2.16 bits per heavy atom. The maximum atomic E-state index is 11.7. The van der Waals surface area contributed by atoms with Gasteiger partial charge in [-0.05, 0) is 17.1 Å². The van der Waals surface area contributed by atoms with Crippen molar-refractivity contribution in [2.75, 3.05) is 5.32 Å². The monoisotopic (exact) mass is 262 g/mol. The number of hydrogen-bond donors (Lipinski definition) is 2. The first-order valence-corrected chi connectivity index (χ1v) is 5.32. The summed E-state index contributed by atoms with van der Waals surface area (Å²) in [5.74, 6) is -0.822. The van der Waals surface area contributed by atoms with Gasteiger partial charge in [0, 0.05) is 0 Å². The van der Waals surface area contributed by atoms with E-state index < -0.39 is 10.8 Å². The second kappa shape index (κ2) is 5.17. The van der Waals surface area contributed by atoms with Crippen molar-refractivity contribution in [2.24, 2.45) is 0 Å². The minimum atomic E-state index is -0.641. The van der Waals surface area contributed by atoms with Crippen molar-refractivity contribution < 1.29 is 14.8 Å². The van der Waals surface area contributed by atoms with Gasteiger partial charge >= 0.3 is 5.82 Å². The molecule has 1 aromatic carbocycles. The fourth-order valence-corrected chi connectivity index (χ4v) is 1.45. The Kier molecular flexibility index (Phi) is 3.42. The Bertz CT molecular complexity index is 623. The summed E-state index contributed by atoms with van der Waals surface area (Å²) >= 11 is 0. The molecule has 0 spiro atoms. The normalized spacial score (nSPS) is 10.1. The van der Waals surface area contributed by atoms with Crippen LogP contribution in [-0.2, 0) is 11.3 Å². The van der Waals surface area contributed by atoms with E-state index in [0.717, 1.165) is 4.68 Å². The van der Waals surface area contributed by atoms with Crippen molar-refractivity contribution in [3.8, 4) is 5.75 Å². The van der Waals surface area contributed by atoms with Crippen molar-refractivity contribution in [1.82, 2.24) is 9.78 Å². The number of nitro groups is 1. The molecule has 8 nitrogen and oxygen atoms in total. The molecule has 0 atom stereocenters. The number of hydrogen-bond acceptors (Lipinski definition) is 5. The van der Waals surface area contributed by atoms with Gasteiger partial charge in [-0.15, -0.1) is 0 Å². The number of nitrogens with zero attached hydrogens (tertiary/aromatic N) is 3. The summed E-state index contributed by atoms with van der Waals surface area (Å²) in [6, 6.07) is 7.47. The molecule has 1 aromatic heterocycles. The molecular formula is C11H10N4O4. The van der Waals surface area contributed by atoms with E-state index in [0.29, 0.717) is 0 Å². The van der Waals surface area contributed by atoms with Crippen LogP contribution >= 0.6 is 0 Å². The molecule has 0 aliphatic carbocycles. The summed E-state index contributed by atoms with van der Waals surface area (Å²) in [6.07, 6.45) is 1.34. The van der Waals surface area contributed by atoms with Gasteiger partial charge in [0.2, 0.25) is 5.91 Å². The molecule has 98 valence electrons. The molecule has 0 aliphatic heterocycles. The topological polar surface area (TPSA) is 110 Å². The van der Waals surface area contributed by atoms with Crippen molar-refractivity contribution >= 4 is 17.4 Å². The van der Waals surface area contributed by atoms with E-state index in [1.165, 1.54) is 18.3 Å². The van der Waals surface area contributed by atoms with Crippen LogP contribution in [0.4, 0.5) is 11.5 Å². The zero-order valence-corrected chi connectivity index (χ0v) is 9.68. The van der Waals surface area contributed by atoms with Gasteiger partial charge in [0.05, 0.1) is 23.0 Å². The summed E-state index contributed by atoms with van der Waals surface area (Å²) in [6.45, 7) is -0.178. The molecule has 8 heteroatoms. The van der Waals surface area contributed by atoms with Crippen LogP contribution in [0, 0.1) is 10.1 Å². The average molecular weight is 262 g/mol. The maximum Gasteiger partial charge on any atom is 0.389 e. The van der Waals surface area contributed by atoms with E-state index in [2.05, 4.69) is 10.4 Å². The first-order valence-electron chi connectivity index (χ1n) is 5.32. The van der Waals surface area contributed by atoms with Gasteiger partial charge in [-0.3, -0.25) is 4.79 Å². The lowest BCUT2D eigenvalue weighted by Crippen LogP contribution is -2.19. The number of para-hydroxylation sites is 2. The number of carbonyl (C=O) groups is 1. The molecular weight excluding hydrogens is 252 g/mol. The van der Waals surface area contributed by atoms with Gasteiger partial charge in [0.1, 0.15) is 12.3 Å². The van der Waals surface area contributed by atoms with Crippen molar-refractivity contribution in [2.45, 2.75) is 6.54 Å². The van der Waals surface area contributed by atoms with E-state index >= 15 is 0 Å². The molecule has 1 amide bonds. The number of aromatic hydroxyl groups is 1. The largest absolute Gasteiger partial charge is 0.506 e. The van der Waals surface area contributed by atoms with Gasteiger partial charge in [-0.1, -0.05) is 12.1 Å². The number of anilines is 1. The van der Waals surface area contributed by atoms with Crippen LogP contribution < -0.4 is 5.32 Å². The molecule has 0 fully saturated rings. The third-order valence-electron chi connectivity index (χ3n) is 2.30. The minimum absolute atomic E-state index is 0.0534. The number of nitrogens with one attached hydrogen (secondary N) is 1. The van der Waals surface area contributed by atoms with Crippen LogP contribution in [0.3, 0.4) is 0 Å². The summed E-state index contributed by atoms with van der Waals surface area (Å²) in [5.41, 5.74) is 0.272. The number of amides is 1. The summed E-state index contributed by atoms with van der Waals surface area (Å²) in [4.78, 5) is 21.5. The molecule has 19 heavy (non-hydrogen) atoms. The third kappa shape index (κ3) is 3.06. The van der Waals surface area contributed by atoms with Gasteiger partial charge in [0.15, 0.2) is 0 Å². The van der Waals surface area contributed by atoms with Crippen molar-refractivity contribution in [3.05, 3.63) is 46.6 Å². The van der Waals surface area contributed by atoms with Crippen LogP contribution in [0.25, 0.3) is 0 Å². The number of benzene rings is 1. The molecule has 2 rings (SSSR count). The fourth-order valence-electron chi connectivity index (χ4n) is 1.45. The SMILES string of the molecule is O=C(Cn1ccc([N+](=O)[O-])n1)Nc1ccccc1O. The van der Waals surface area contributed by atoms with Crippen LogP contribution in [-0.4, -0.2) is 25.7 Å². The van der Waals surface area contributed by atoms with E-state index in [9.17, 15) is 20.0 Å². The number of phenols is 1. The van der Waals surface area contributed by atoms with E-state index in [1.807, 2.05) is 0 Å². The zero-order valence-electron chi connectivity index (χ0n) is 9.68. The maximum absolute atomic E-state index is 11.7. The molecule has 0 aliphatic rings. The molecule has 2 aromatic rings. The number of rotatable bonds is 4. The second-order valence-electron chi connectivity index (χ2n) is 3.69. The van der Waals surface area contributed by atoms with E-state index in [4.69, 9.17) is 0 Å².